The minimum atomic E-state index is -0.928. The molecule has 0 bridgehead atoms. The van der Waals surface area contributed by atoms with Gasteiger partial charge in [0.15, 0.2) is 11.4 Å². The molecule has 0 aromatic rings. The summed E-state index contributed by atoms with van der Waals surface area (Å²) in [6.45, 7) is 3.97. The smallest absolute Gasteiger partial charge is 0.411 e. The monoisotopic (exact) mass is 183 g/mol. The Bertz CT molecular complexity index is 272. The van der Waals surface area contributed by atoms with Gasteiger partial charge in [-0.3, -0.25) is 9.69 Å². The minimum Gasteiger partial charge on any atom is -0.435 e. The summed E-state index contributed by atoms with van der Waals surface area (Å²) in [4.78, 5) is 24.7. The van der Waals surface area contributed by atoms with Crippen LogP contribution in [0.4, 0.5) is 4.79 Å². The molecule has 2 aliphatic heterocycles. The van der Waals surface area contributed by atoms with Crippen LogP contribution in [0.2, 0.25) is 0 Å². The standard InChI is InChI=1S/C9H13NO3/c1-9(2)7(11)6-4-3-5-10(6)8(12)13-9/h6H,3-5H2,1-2H3/t6-/m0/s1. The Morgan fingerprint density at radius 2 is 2.15 bits per heavy atom. The lowest BCUT2D eigenvalue weighted by Crippen LogP contribution is -2.57. The summed E-state index contributed by atoms with van der Waals surface area (Å²) in [6, 6.07) is -0.226. The molecule has 0 aliphatic carbocycles. The third-order valence-corrected chi connectivity index (χ3v) is 2.73. The molecule has 2 fully saturated rings. The van der Waals surface area contributed by atoms with Crippen LogP contribution in [0.5, 0.6) is 0 Å². The quantitative estimate of drug-likeness (QED) is 0.561. The van der Waals surface area contributed by atoms with Crippen LogP contribution in [0, 0.1) is 0 Å². The molecule has 2 aliphatic rings. The molecule has 0 saturated carbocycles. The summed E-state index contributed by atoms with van der Waals surface area (Å²) >= 11 is 0. The molecule has 13 heavy (non-hydrogen) atoms. The van der Waals surface area contributed by atoms with Crippen LogP contribution >= 0.6 is 0 Å². The fourth-order valence-electron chi connectivity index (χ4n) is 1.99. The number of hydrogen-bond donors (Lipinski definition) is 0. The van der Waals surface area contributed by atoms with E-state index in [4.69, 9.17) is 4.74 Å². The Balaban J connectivity index is 2.30. The maximum absolute atomic E-state index is 11.8. The van der Waals surface area contributed by atoms with E-state index in [2.05, 4.69) is 0 Å². The molecular formula is C9H13NO3. The normalized spacial score (nSPS) is 31.5. The van der Waals surface area contributed by atoms with E-state index in [-0.39, 0.29) is 17.9 Å². The molecule has 2 rings (SSSR count). The number of ketones is 1. The van der Waals surface area contributed by atoms with Gasteiger partial charge in [0.2, 0.25) is 0 Å². The molecule has 2 heterocycles. The molecule has 1 amide bonds. The topological polar surface area (TPSA) is 46.6 Å². The second-order valence-electron chi connectivity index (χ2n) is 4.09. The number of carbonyl (C=O) groups is 2. The Kier molecular flexibility index (Phi) is 1.62. The van der Waals surface area contributed by atoms with Crippen molar-refractivity contribution in [2.45, 2.75) is 38.3 Å². The maximum Gasteiger partial charge on any atom is 0.411 e. The zero-order valence-corrected chi connectivity index (χ0v) is 7.87. The van der Waals surface area contributed by atoms with E-state index in [1.165, 1.54) is 4.90 Å². The van der Waals surface area contributed by atoms with Crippen molar-refractivity contribution in [2.75, 3.05) is 6.54 Å². The average Bonchev–Trinajstić information content (AvgIpc) is 2.47. The third kappa shape index (κ3) is 1.12. The Morgan fingerprint density at radius 3 is 2.85 bits per heavy atom. The zero-order valence-electron chi connectivity index (χ0n) is 7.87. The first-order chi connectivity index (χ1) is 6.02. The first-order valence-corrected chi connectivity index (χ1v) is 4.56. The summed E-state index contributed by atoms with van der Waals surface area (Å²) in [5.41, 5.74) is -0.928. The van der Waals surface area contributed by atoms with Gasteiger partial charge in [0.05, 0.1) is 6.04 Å². The number of ether oxygens (including phenoxy) is 1. The van der Waals surface area contributed by atoms with Crippen molar-refractivity contribution >= 4 is 11.9 Å². The van der Waals surface area contributed by atoms with Gasteiger partial charge >= 0.3 is 6.09 Å². The van der Waals surface area contributed by atoms with Crippen LogP contribution < -0.4 is 0 Å². The van der Waals surface area contributed by atoms with Gasteiger partial charge in [-0.1, -0.05) is 0 Å². The summed E-state index contributed by atoms with van der Waals surface area (Å²) < 4.78 is 5.04. The average molecular weight is 183 g/mol. The van der Waals surface area contributed by atoms with Crippen LogP contribution in [0.3, 0.4) is 0 Å². The predicted octanol–water partition coefficient (Wildman–Crippen LogP) is 0.949. The second-order valence-corrected chi connectivity index (χ2v) is 4.09. The summed E-state index contributed by atoms with van der Waals surface area (Å²) in [6.07, 6.45) is 1.35. The fraction of sp³-hybridized carbons (Fsp3) is 0.778. The molecule has 72 valence electrons. The van der Waals surface area contributed by atoms with E-state index in [0.717, 1.165) is 12.8 Å². The van der Waals surface area contributed by atoms with Crippen molar-refractivity contribution in [1.29, 1.82) is 0 Å². The van der Waals surface area contributed by atoms with Gasteiger partial charge in [0, 0.05) is 6.54 Å². The van der Waals surface area contributed by atoms with Crippen molar-refractivity contribution in [3.05, 3.63) is 0 Å². The van der Waals surface area contributed by atoms with Crippen molar-refractivity contribution in [3.63, 3.8) is 0 Å². The van der Waals surface area contributed by atoms with E-state index in [0.29, 0.717) is 6.54 Å². The molecule has 4 heteroatoms. The first kappa shape index (κ1) is 8.53. The van der Waals surface area contributed by atoms with Crippen LogP contribution in [0.15, 0.2) is 0 Å². The van der Waals surface area contributed by atoms with Crippen molar-refractivity contribution < 1.29 is 14.3 Å². The van der Waals surface area contributed by atoms with Crippen molar-refractivity contribution in [1.82, 2.24) is 4.90 Å². The van der Waals surface area contributed by atoms with Crippen LogP contribution in [0.1, 0.15) is 26.7 Å². The lowest BCUT2D eigenvalue weighted by atomic mass is 9.94. The van der Waals surface area contributed by atoms with Gasteiger partial charge in [-0.25, -0.2) is 4.79 Å². The molecule has 0 aromatic heterocycles. The molecule has 0 unspecified atom stereocenters. The number of cyclic esters (lactones) is 1. The molecular weight excluding hydrogens is 170 g/mol. The minimum absolute atomic E-state index is 0.0320. The summed E-state index contributed by atoms with van der Waals surface area (Å²) in [5, 5.41) is 0. The van der Waals surface area contributed by atoms with Gasteiger partial charge in [-0.2, -0.15) is 0 Å². The number of carbonyl (C=O) groups excluding carboxylic acids is 2. The Hall–Kier alpha value is -1.06. The second kappa shape index (κ2) is 2.47. The van der Waals surface area contributed by atoms with Gasteiger partial charge in [-0.15, -0.1) is 0 Å². The molecule has 0 N–H and O–H groups in total. The number of rotatable bonds is 0. The largest absolute Gasteiger partial charge is 0.435 e. The lowest BCUT2D eigenvalue weighted by molar-refractivity contribution is -0.146. The molecule has 1 atom stereocenters. The van der Waals surface area contributed by atoms with Gasteiger partial charge < -0.3 is 4.74 Å². The first-order valence-electron chi connectivity index (χ1n) is 4.56. The molecule has 0 aromatic carbocycles. The highest BCUT2D eigenvalue weighted by Crippen LogP contribution is 2.30. The van der Waals surface area contributed by atoms with Gasteiger partial charge in [0.25, 0.3) is 0 Å². The van der Waals surface area contributed by atoms with E-state index in [9.17, 15) is 9.59 Å². The number of amides is 1. The van der Waals surface area contributed by atoms with E-state index in [1.807, 2.05) is 0 Å². The number of fused-ring (bicyclic) bond motifs is 1. The summed E-state index contributed by atoms with van der Waals surface area (Å²) in [5.74, 6) is 0.0320. The number of nitrogens with zero attached hydrogens (tertiary/aromatic N) is 1. The predicted molar refractivity (Wildman–Crippen MR) is 45.3 cm³/mol. The molecule has 4 nitrogen and oxygen atoms in total. The van der Waals surface area contributed by atoms with Gasteiger partial charge in [0.1, 0.15) is 0 Å². The molecule has 0 radical (unpaired) electrons. The number of hydrogen-bond acceptors (Lipinski definition) is 3. The third-order valence-electron chi connectivity index (χ3n) is 2.73. The van der Waals surface area contributed by atoms with E-state index < -0.39 is 5.60 Å². The zero-order chi connectivity index (χ0) is 9.64. The van der Waals surface area contributed by atoms with Crippen LogP contribution in [0.25, 0.3) is 0 Å². The SMILES string of the molecule is CC1(C)OC(=O)N2CCC[C@H]2C1=O. The summed E-state index contributed by atoms with van der Waals surface area (Å²) in [7, 11) is 0. The van der Waals surface area contributed by atoms with Crippen molar-refractivity contribution in [2.24, 2.45) is 0 Å². The highest BCUT2D eigenvalue weighted by molar-refractivity contribution is 5.98. The highest BCUT2D eigenvalue weighted by atomic mass is 16.6. The fourth-order valence-corrected chi connectivity index (χ4v) is 1.99. The Labute approximate surface area is 76.8 Å². The Morgan fingerprint density at radius 1 is 1.46 bits per heavy atom. The van der Waals surface area contributed by atoms with Crippen LogP contribution in [-0.4, -0.2) is 35.0 Å². The van der Waals surface area contributed by atoms with Gasteiger partial charge in [-0.05, 0) is 26.7 Å². The van der Waals surface area contributed by atoms with Crippen LogP contribution in [-0.2, 0) is 9.53 Å². The molecule has 2 saturated heterocycles. The number of Topliss-reactive ketones (excluding diaryl/α,β-unsaturated/α-hetero) is 1. The van der Waals surface area contributed by atoms with E-state index in [1.54, 1.807) is 13.8 Å². The molecule has 0 spiro atoms. The maximum atomic E-state index is 11.8. The van der Waals surface area contributed by atoms with E-state index >= 15 is 0 Å². The lowest BCUT2D eigenvalue weighted by Gasteiger charge is -2.37. The van der Waals surface area contributed by atoms with Crippen molar-refractivity contribution in [3.8, 4) is 0 Å². The highest BCUT2D eigenvalue weighted by Gasteiger charge is 2.49.